The second-order valence-electron chi connectivity index (χ2n) is 4.73. The maximum Gasteiger partial charge on any atom is 0.328 e. The van der Waals surface area contributed by atoms with Crippen LogP contribution in [0.4, 0.5) is 0 Å². The van der Waals surface area contributed by atoms with E-state index in [4.69, 9.17) is 9.84 Å². The molecule has 104 valence electrons. The summed E-state index contributed by atoms with van der Waals surface area (Å²) in [5.74, 6) is -1.04. The van der Waals surface area contributed by atoms with Crippen LogP contribution in [0.5, 0.6) is 0 Å². The Morgan fingerprint density at radius 2 is 1.94 bits per heavy atom. The number of rotatable bonds is 6. The molecular formula is C13H23NO4. The Labute approximate surface area is 108 Å². The fourth-order valence-electron chi connectivity index (χ4n) is 2.39. The molecule has 18 heavy (non-hydrogen) atoms. The second-order valence-corrected chi connectivity index (χ2v) is 4.73. The van der Waals surface area contributed by atoms with Gasteiger partial charge in [-0.1, -0.05) is 26.7 Å². The first kappa shape index (κ1) is 15.0. The molecule has 1 amide bonds. The highest BCUT2D eigenvalue weighted by atomic mass is 16.5. The number of aliphatic carboxylic acids is 1. The predicted molar refractivity (Wildman–Crippen MR) is 67.3 cm³/mol. The number of amides is 1. The van der Waals surface area contributed by atoms with Crippen molar-refractivity contribution in [1.29, 1.82) is 0 Å². The van der Waals surface area contributed by atoms with Gasteiger partial charge in [-0.25, -0.2) is 4.79 Å². The molecule has 1 saturated heterocycles. The fraction of sp³-hybridized carbons (Fsp3) is 0.846. The lowest BCUT2D eigenvalue weighted by molar-refractivity contribution is -0.160. The molecule has 0 aromatic carbocycles. The molecule has 1 atom stereocenters. The van der Waals surface area contributed by atoms with E-state index in [0.29, 0.717) is 13.2 Å². The van der Waals surface area contributed by atoms with Crippen molar-refractivity contribution < 1.29 is 19.4 Å². The van der Waals surface area contributed by atoms with Gasteiger partial charge < -0.3 is 14.7 Å². The van der Waals surface area contributed by atoms with E-state index in [1.807, 2.05) is 13.8 Å². The molecule has 1 heterocycles. The van der Waals surface area contributed by atoms with Crippen LogP contribution in [0, 0.1) is 5.92 Å². The summed E-state index contributed by atoms with van der Waals surface area (Å²) in [6.45, 7) is 5.01. The maximum absolute atomic E-state index is 12.4. The van der Waals surface area contributed by atoms with Crippen LogP contribution in [0.1, 0.15) is 39.5 Å². The number of hydrogen-bond acceptors (Lipinski definition) is 3. The molecular weight excluding hydrogens is 234 g/mol. The highest BCUT2D eigenvalue weighted by Gasteiger charge is 2.35. The van der Waals surface area contributed by atoms with E-state index < -0.39 is 12.0 Å². The van der Waals surface area contributed by atoms with Crippen LogP contribution < -0.4 is 0 Å². The van der Waals surface area contributed by atoms with Crippen molar-refractivity contribution in [2.45, 2.75) is 45.6 Å². The average molecular weight is 257 g/mol. The maximum atomic E-state index is 12.4. The smallest absolute Gasteiger partial charge is 0.328 e. The number of nitrogens with zero attached hydrogens (tertiary/aromatic N) is 1. The van der Waals surface area contributed by atoms with E-state index in [1.165, 1.54) is 4.90 Å². The van der Waals surface area contributed by atoms with Gasteiger partial charge in [0.15, 0.2) is 6.04 Å². The van der Waals surface area contributed by atoms with Crippen LogP contribution in [-0.2, 0) is 14.3 Å². The first-order chi connectivity index (χ1) is 8.61. The van der Waals surface area contributed by atoms with Gasteiger partial charge in [0.1, 0.15) is 0 Å². The average Bonchev–Trinajstić information content (AvgIpc) is 2.37. The van der Waals surface area contributed by atoms with E-state index >= 15 is 0 Å². The Kier molecular flexibility index (Phi) is 6.12. The summed E-state index contributed by atoms with van der Waals surface area (Å²) >= 11 is 0. The normalized spacial score (nSPS) is 20.2. The molecule has 0 aromatic rings. The lowest BCUT2D eigenvalue weighted by atomic mass is 9.96. The molecule has 5 nitrogen and oxygen atoms in total. The minimum atomic E-state index is -0.977. The second kappa shape index (κ2) is 7.36. The van der Waals surface area contributed by atoms with Crippen molar-refractivity contribution in [2.24, 2.45) is 5.92 Å². The number of carboxylic acids is 1. The summed E-state index contributed by atoms with van der Waals surface area (Å²) < 4.78 is 5.15. The molecule has 1 fully saturated rings. The van der Waals surface area contributed by atoms with Gasteiger partial charge in [-0.15, -0.1) is 0 Å². The van der Waals surface area contributed by atoms with Gasteiger partial charge in [0, 0.05) is 12.5 Å². The zero-order valence-electron chi connectivity index (χ0n) is 11.2. The summed E-state index contributed by atoms with van der Waals surface area (Å²) in [5, 5.41) is 9.13. The molecule has 0 radical (unpaired) electrons. The van der Waals surface area contributed by atoms with Gasteiger partial charge in [0.25, 0.3) is 0 Å². The van der Waals surface area contributed by atoms with E-state index in [-0.39, 0.29) is 18.4 Å². The van der Waals surface area contributed by atoms with Crippen LogP contribution in [-0.4, -0.2) is 47.7 Å². The van der Waals surface area contributed by atoms with Crippen molar-refractivity contribution in [1.82, 2.24) is 4.90 Å². The third kappa shape index (κ3) is 3.70. The Hall–Kier alpha value is -1.10. The molecule has 0 bridgehead atoms. The number of ether oxygens (including phenoxy) is 1. The van der Waals surface area contributed by atoms with Crippen LogP contribution in [0.3, 0.4) is 0 Å². The van der Waals surface area contributed by atoms with Crippen LogP contribution in [0.15, 0.2) is 0 Å². The Morgan fingerprint density at radius 1 is 1.33 bits per heavy atom. The molecule has 0 saturated carbocycles. The third-order valence-corrected chi connectivity index (χ3v) is 3.32. The zero-order valence-corrected chi connectivity index (χ0v) is 11.2. The summed E-state index contributed by atoms with van der Waals surface area (Å²) in [7, 11) is 0. The highest BCUT2D eigenvalue weighted by molar-refractivity contribution is 5.85. The fourth-order valence-corrected chi connectivity index (χ4v) is 2.39. The summed E-state index contributed by atoms with van der Waals surface area (Å²) in [6.07, 6.45) is 3.55. The molecule has 1 rings (SSSR count). The molecule has 1 unspecified atom stereocenters. The van der Waals surface area contributed by atoms with Gasteiger partial charge in [0.2, 0.25) is 5.91 Å². The SMILES string of the molecule is CCCC(CCC)C(=O)N1CCOCC1C(=O)O. The number of carbonyl (C=O) groups is 2. The lowest BCUT2D eigenvalue weighted by Crippen LogP contribution is -2.54. The van der Waals surface area contributed by atoms with Crippen molar-refractivity contribution >= 4 is 11.9 Å². The van der Waals surface area contributed by atoms with Gasteiger partial charge >= 0.3 is 5.97 Å². The Balaban J connectivity index is 2.73. The van der Waals surface area contributed by atoms with Crippen molar-refractivity contribution in [3.8, 4) is 0 Å². The van der Waals surface area contributed by atoms with Crippen LogP contribution in [0.2, 0.25) is 0 Å². The van der Waals surface area contributed by atoms with E-state index in [2.05, 4.69) is 0 Å². The van der Waals surface area contributed by atoms with E-state index in [1.54, 1.807) is 0 Å². The summed E-state index contributed by atoms with van der Waals surface area (Å²) in [6, 6.07) is -0.817. The summed E-state index contributed by atoms with van der Waals surface area (Å²) in [5.41, 5.74) is 0. The number of carbonyl (C=O) groups excluding carboxylic acids is 1. The molecule has 1 aliphatic heterocycles. The van der Waals surface area contributed by atoms with Gasteiger partial charge in [-0.3, -0.25) is 4.79 Å². The largest absolute Gasteiger partial charge is 0.480 e. The van der Waals surface area contributed by atoms with Crippen molar-refractivity contribution in [2.75, 3.05) is 19.8 Å². The quantitative estimate of drug-likeness (QED) is 0.783. The van der Waals surface area contributed by atoms with E-state index in [9.17, 15) is 9.59 Å². The van der Waals surface area contributed by atoms with Crippen LogP contribution >= 0.6 is 0 Å². The highest BCUT2D eigenvalue weighted by Crippen LogP contribution is 2.20. The van der Waals surface area contributed by atoms with Gasteiger partial charge in [-0.2, -0.15) is 0 Å². The Morgan fingerprint density at radius 3 is 2.44 bits per heavy atom. The standard InChI is InChI=1S/C13H23NO4/c1-3-5-10(6-4-2)12(15)14-7-8-18-9-11(14)13(16)17/h10-11H,3-9H2,1-2H3,(H,16,17). The molecule has 5 heteroatoms. The molecule has 1 aliphatic rings. The molecule has 0 aromatic heterocycles. The van der Waals surface area contributed by atoms with Crippen molar-refractivity contribution in [3.05, 3.63) is 0 Å². The van der Waals surface area contributed by atoms with Crippen molar-refractivity contribution in [3.63, 3.8) is 0 Å². The molecule has 0 aliphatic carbocycles. The minimum absolute atomic E-state index is 0.0191. The molecule has 1 N–H and O–H groups in total. The Bertz CT molecular complexity index is 287. The topological polar surface area (TPSA) is 66.8 Å². The van der Waals surface area contributed by atoms with E-state index in [0.717, 1.165) is 25.7 Å². The first-order valence-corrected chi connectivity index (χ1v) is 6.72. The van der Waals surface area contributed by atoms with Gasteiger partial charge in [0.05, 0.1) is 13.2 Å². The van der Waals surface area contributed by atoms with Crippen LogP contribution in [0.25, 0.3) is 0 Å². The predicted octanol–water partition coefficient (Wildman–Crippen LogP) is 1.51. The first-order valence-electron chi connectivity index (χ1n) is 6.72. The number of morpholine rings is 1. The number of hydrogen-bond donors (Lipinski definition) is 1. The third-order valence-electron chi connectivity index (χ3n) is 3.32. The zero-order chi connectivity index (χ0) is 13.5. The number of carboxylic acid groups (broad SMARTS) is 1. The lowest BCUT2D eigenvalue weighted by Gasteiger charge is -2.35. The monoisotopic (exact) mass is 257 g/mol. The summed E-state index contributed by atoms with van der Waals surface area (Å²) in [4.78, 5) is 25.0. The molecule has 0 spiro atoms. The van der Waals surface area contributed by atoms with Gasteiger partial charge in [-0.05, 0) is 12.8 Å². The minimum Gasteiger partial charge on any atom is -0.480 e.